The molecule has 0 bridgehead atoms. The van der Waals surface area contributed by atoms with Gasteiger partial charge in [-0.15, -0.1) is 5.10 Å². The van der Waals surface area contributed by atoms with Gasteiger partial charge in [0.15, 0.2) is 0 Å². The predicted molar refractivity (Wildman–Crippen MR) is 120 cm³/mol. The number of anilines is 1. The molecule has 0 saturated heterocycles. The highest BCUT2D eigenvalue weighted by Gasteiger charge is 2.33. The van der Waals surface area contributed by atoms with Gasteiger partial charge in [-0.05, 0) is 23.8 Å². The molecule has 0 radical (unpaired) electrons. The van der Waals surface area contributed by atoms with Crippen LogP contribution in [0, 0.1) is 0 Å². The molecule has 2 N–H and O–H groups in total. The van der Waals surface area contributed by atoms with Crippen LogP contribution in [-0.4, -0.2) is 51.2 Å². The zero-order chi connectivity index (χ0) is 23.8. The van der Waals surface area contributed by atoms with E-state index in [9.17, 15) is 22.8 Å². The van der Waals surface area contributed by atoms with Gasteiger partial charge < -0.3 is 10.2 Å². The minimum atomic E-state index is -4.60. The standard InChI is InChI=1S/C22H20F3N5O2S/c1-30(13-19(31)26-17-10-6-5-9-16(17)22(23,24)25)20(32)14-33-21-27-18(28-29-21)12-11-15-7-3-2-4-8-15/h2-12H,13-14H2,1H3,(H,26,31)(H,27,28,29)/b12-11+. The lowest BCUT2D eigenvalue weighted by atomic mass is 10.1. The van der Waals surface area contributed by atoms with E-state index in [4.69, 9.17) is 0 Å². The maximum atomic E-state index is 13.1. The number of rotatable bonds is 8. The average molecular weight is 475 g/mol. The van der Waals surface area contributed by atoms with E-state index in [0.29, 0.717) is 11.0 Å². The van der Waals surface area contributed by atoms with Gasteiger partial charge in [0.05, 0.1) is 23.5 Å². The van der Waals surface area contributed by atoms with Gasteiger partial charge in [0.25, 0.3) is 0 Å². The van der Waals surface area contributed by atoms with Gasteiger partial charge in [0.2, 0.25) is 17.0 Å². The van der Waals surface area contributed by atoms with Crippen LogP contribution < -0.4 is 5.32 Å². The topological polar surface area (TPSA) is 91.0 Å². The van der Waals surface area contributed by atoms with Crippen LogP contribution in [0.2, 0.25) is 0 Å². The number of halogens is 3. The summed E-state index contributed by atoms with van der Waals surface area (Å²) in [5, 5.41) is 9.35. The Labute approximate surface area is 192 Å². The van der Waals surface area contributed by atoms with E-state index in [1.54, 1.807) is 6.08 Å². The number of nitrogens with one attached hydrogen (secondary N) is 2. The third kappa shape index (κ3) is 7.21. The summed E-state index contributed by atoms with van der Waals surface area (Å²) >= 11 is 1.08. The molecule has 11 heteroatoms. The Morgan fingerprint density at radius 1 is 1.09 bits per heavy atom. The summed E-state index contributed by atoms with van der Waals surface area (Å²) in [5.41, 5.74) is -0.317. The van der Waals surface area contributed by atoms with Crippen LogP contribution in [0.3, 0.4) is 0 Å². The number of carbonyl (C=O) groups excluding carboxylic acids is 2. The number of thioether (sulfide) groups is 1. The fraction of sp³-hybridized carbons (Fsp3) is 0.182. The van der Waals surface area contributed by atoms with E-state index in [0.717, 1.165) is 34.4 Å². The van der Waals surface area contributed by atoms with Crippen molar-refractivity contribution in [3.8, 4) is 0 Å². The van der Waals surface area contributed by atoms with Gasteiger partial charge in [-0.1, -0.05) is 60.3 Å². The second-order valence-corrected chi connectivity index (χ2v) is 7.82. The molecule has 3 aromatic rings. The molecule has 0 saturated carbocycles. The fourth-order valence-electron chi connectivity index (χ4n) is 2.71. The molecule has 0 aliphatic rings. The van der Waals surface area contributed by atoms with Crippen LogP contribution in [-0.2, 0) is 15.8 Å². The monoisotopic (exact) mass is 475 g/mol. The third-order valence-electron chi connectivity index (χ3n) is 4.35. The van der Waals surface area contributed by atoms with Crippen molar-refractivity contribution in [1.29, 1.82) is 0 Å². The second-order valence-electron chi connectivity index (χ2n) is 6.88. The SMILES string of the molecule is CN(CC(=O)Nc1ccccc1C(F)(F)F)C(=O)CSc1n[nH]c(/C=C/c2ccccc2)n1. The molecule has 0 unspecified atom stereocenters. The molecule has 0 aliphatic carbocycles. The van der Waals surface area contributed by atoms with E-state index in [1.165, 1.54) is 19.2 Å². The molecule has 0 atom stereocenters. The van der Waals surface area contributed by atoms with Gasteiger partial charge in [-0.3, -0.25) is 14.7 Å². The predicted octanol–water partition coefficient (Wildman–Crippen LogP) is 4.18. The third-order valence-corrected chi connectivity index (χ3v) is 5.19. The molecule has 33 heavy (non-hydrogen) atoms. The summed E-state index contributed by atoms with van der Waals surface area (Å²) in [4.78, 5) is 29.9. The van der Waals surface area contributed by atoms with Crippen molar-refractivity contribution in [2.45, 2.75) is 11.3 Å². The molecule has 0 fully saturated rings. The van der Waals surface area contributed by atoms with Crippen molar-refractivity contribution >= 4 is 41.4 Å². The van der Waals surface area contributed by atoms with Crippen LogP contribution >= 0.6 is 11.8 Å². The van der Waals surface area contributed by atoms with Crippen LogP contribution in [0.1, 0.15) is 17.0 Å². The maximum Gasteiger partial charge on any atom is 0.418 e. The van der Waals surface area contributed by atoms with Gasteiger partial charge in [0, 0.05) is 7.05 Å². The molecule has 0 spiro atoms. The lowest BCUT2D eigenvalue weighted by molar-refractivity contribution is -0.137. The highest BCUT2D eigenvalue weighted by Crippen LogP contribution is 2.34. The Morgan fingerprint density at radius 2 is 1.79 bits per heavy atom. The first-order valence-corrected chi connectivity index (χ1v) is 10.7. The minimum Gasteiger partial charge on any atom is -0.336 e. The van der Waals surface area contributed by atoms with E-state index in [1.807, 2.05) is 36.4 Å². The number of hydrogen-bond donors (Lipinski definition) is 2. The van der Waals surface area contributed by atoms with Gasteiger partial charge in [-0.25, -0.2) is 4.98 Å². The molecule has 1 aromatic heterocycles. The minimum absolute atomic E-state index is 0.0391. The molecule has 7 nitrogen and oxygen atoms in total. The lowest BCUT2D eigenvalue weighted by Gasteiger charge is -2.18. The van der Waals surface area contributed by atoms with E-state index >= 15 is 0 Å². The Balaban J connectivity index is 1.49. The van der Waals surface area contributed by atoms with Crippen molar-refractivity contribution in [3.05, 3.63) is 71.5 Å². The van der Waals surface area contributed by atoms with Gasteiger partial charge in [0.1, 0.15) is 5.82 Å². The van der Waals surface area contributed by atoms with Crippen molar-refractivity contribution in [3.63, 3.8) is 0 Å². The molecule has 1 heterocycles. The summed E-state index contributed by atoms with van der Waals surface area (Å²) in [6, 6.07) is 14.3. The number of amides is 2. The van der Waals surface area contributed by atoms with Crippen molar-refractivity contribution < 1.29 is 22.8 Å². The van der Waals surface area contributed by atoms with Crippen LogP contribution in [0.4, 0.5) is 18.9 Å². The maximum absolute atomic E-state index is 13.1. The summed E-state index contributed by atoms with van der Waals surface area (Å²) in [6.45, 7) is -0.398. The van der Waals surface area contributed by atoms with E-state index in [-0.39, 0.29) is 11.4 Å². The number of likely N-dealkylation sites (N-methyl/N-ethyl adjacent to an activating group) is 1. The van der Waals surface area contributed by atoms with Gasteiger partial charge >= 0.3 is 6.18 Å². The summed E-state index contributed by atoms with van der Waals surface area (Å²) in [6.07, 6.45) is -0.985. The van der Waals surface area contributed by atoms with Crippen LogP contribution in [0.25, 0.3) is 12.2 Å². The Bertz CT molecular complexity index is 1130. The van der Waals surface area contributed by atoms with Crippen molar-refractivity contribution in [2.24, 2.45) is 0 Å². The Hall–Kier alpha value is -3.60. The number of alkyl halides is 3. The molecule has 172 valence electrons. The first kappa shape index (κ1) is 24.1. The number of hydrogen-bond acceptors (Lipinski definition) is 5. The number of carbonyl (C=O) groups is 2. The number of aromatic nitrogens is 3. The highest BCUT2D eigenvalue weighted by atomic mass is 32.2. The van der Waals surface area contributed by atoms with E-state index < -0.39 is 30.1 Å². The first-order valence-electron chi connectivity index (χ1n) is 9.71. The smallest absolute Gasteiger partial charge is 0.336 e. The molecule has 2 amide bonds. The fourth-order valence-corrected chi connectivity index (χ4v) is 3.45. The number of benzene rings is 2. The van der Waals surface area contributed by atoms with E-state index in [2.05, 4.69) is 20.5 Å². The van der Waals surface area contributed by atoms with Crippen LogP contribution in [0.15, 0.2) is 59.8 Å². The highest BCUT2D eigenvalue weighted by molar-refractivity contribution is 7.99. The van der Waals surface area contributed by atoms with Crippen molar-refractivity contribution in [1.82, 2.24) is 20.1 Å². The number of aromatic amines is 1. The quantitative estimate of drug-likeness (QED) is 0.477. The summed E-state index contributed by atoms with van der Waals surface area (Å²) in [7, 11) is 1.39. The molecule has 0 aliphatic heterocycles. The second kappa shape index (κ2) is 10.8. The first-order chi connectivity index (χ1) is 15.7. The zero-order valence-electron chi connectivity index (χ0n) is 17.5. The molecule has 3 rings (SSSR count). The molecular formula is C22H20F3N5O2S. The Morgan fingerprint density at radius 3 is 2.52 bits per heavy atom. The largest absolute Gasteiger partial charge is 0.418 e. The molecule has 2 aromatic carbocycles. The average Bonchev–Trinajstić information content (AvgIpc) is 3.24. The van der Waals surface area contributed by atoms with Crippen molar-refractivity contribution in [2.75, 3.05) is 24.7 Å². The lowest BCUT2D eigenvalue weighted by Crippen LogP contribution is -2.36. The zero-order valence-corrected chi connectivity index (χ0v) is 18.3. The Kier molecular flexibility index (Phi) is 7.88. The van der Waals surface area contributed by atoms with Crippen LogP contribution in [0.5, 0.6) is 0 Å². The molecular weight excluding hydrogens is 455 g/mol. The number of para-hydroxylation sites is 1. The number of H-pyrrole nitrogens is 1. The number of nitrogens with zero attached hydrogens (tertiary/aromatic N) is 3. The summed E-state index contributed by atoms with van der Waals surface area (Å²) in [5.74, 6) is -0.656. The van der Waals surface area contributed by atoms with Gasteiger partial charge in [-0.2, -0.15) is 13.2 Å². The summed E-state index contributed by atoms with van der Waals surface area (Å²) < 4.78 is 39.2. The normalized spacial score (nSPS) is 11.5.